The Morgan fingerprint density at radius 2 is 1.68 bits per heavy atom. The summed E-state index contributed by atoms with van der Waals surface area (Å²) in [4.78, 5) is 26.6. The lowest BCUT2D eigenvalue weighted by molar-refractivity contribution is -0.0499. The number of aromatic nitrogens is 1. The topological polar surface area (TPSA) is 104 Å². The van der Waals surface area contributed by atoms with E-state index in [0.29, 0.717) is 47.2 Å². The Kier molecular flexibility index (Phi) is 6.98. The zero-order valence-corrected chi connectivity index (χ0v) is 22.0. The van der Waals surface area contributed by atoms with E-state index in [4.69, 9.17) is 4.74 Å². The number of pyridine rings is 1. The van der Waals surface area contributed by atoms with Crippen molar-refractivity contribution in [3.63, 3.8) is 0 Å². The van der Waals surface area contributed by atoms with Crippen LogP contribution in [0.15, 0.2) is 47.3 Å². The number of aryl methyl sites for hydroxylation is 2. The zero-order chi connectivity index (χ0) is 28.0. The van der Waals surface area contributed by atoms with Crippen LogP contribution in [0.25, 0.3) is 16.5 Å². The molecule has 1 aromatic heterocycles. The van der Waals surface area contributed by atoms with Crippen molar-refractivity contribution >= 4 is 27.0 Å². The molecule has 1 atom stereocenters. The van der Waals surface area contributed by atoms with Gasteiger partial charge in [-0.2, -0.15) is 21.6 Å². The highest BCUT2D eigenvalue weighted by Gasteiger charge is 2.49. The molecule has 0 radical (unpaired) electrons. The van der Waals surface area contributed by atoms with Gasteiger partial charge >= 0.3 is 21.7 Å². The van der Waals surface area contributed by atoms with E-state index in [1.165, 1.54) is 10.6 Å². The van der Waals surface area contributed by atoms with Crippen LogP contribution in [-0.4, -0.2) is 30.2 Å². The average Bonchev–Trinajstić information content (AvgIpc) is 2.80. The molecule has 38 heavy (non-hydrogen) atoms. The number of para-hydroxylation sites is 1. The first-order valence-electron chi connectivity index (χ1n) is 11.9. The van der Waals surface area contributed by atoms with E-state index in [9.17, 15) is 31.2 Å². The van der Waals surface area contributed by atoms with E-state index < -0.39 is 44.7 Å². The third-order valence-electron chi connectivity index (χ3n) is 6.04. The van der Waals surface area contributed by atoms with E-state index in [-0.39, 0.29) is 5.39 Å². The molecular formula is C26H27F3N2O6S. The average molecular weight is 553 g/mol. The third-order valence-corrected chi connectivity index (χ3v) is 7.00. The maximum absolute atomic E-state index is 14.0. The number of alkyl halides is 3. The molecule has 1 amide bonds. The fourth-order valence-corrected chi connectivity index (χ4v) is 5.13. The summed E-state index contributed by atoms with van der Waals surface area (Å²) in [6.07, 6.45) is 0.913. The number of ether oxygens (including phenoxy) is 1. The van der Waals surface area contributed by atoms with Crippen LogP contribution in [0.3, 0.4) is 0 Å². The van der Waals surface area contributed by atoms with Crippen LogP contribution < -0.4 is 15.1 Å². The molecular weight excluding hydrogens is 525 g/mol. The molecule has 12 heteroatoms. The lowest BCUT2D eigenvalue weighted by Crippen LogP contribution is -2.37. The standard InChI is InChI=1S/C26H27F3N2O6S/c1-15(30-24(33)36-25(2,3)4)22-18-12-8-9-16-13-14-19(37-38(34,35)26(27,28)29)21(20(16)18)23(32)31(22)17-10-6-5-7-11-17/h5-7,10-11,13-15H,8-9,12H2,1-4H3,(H,30,33)/t15-/m0/s1. The van der Waals surface area contributed by atoms with Gasteiger partial charge in [0.2, 0.25) is 0 Å². The van der Waals surface area contributed by atoms with Gasteiger partial charge in [0.15, 0.2) is 5.75 Å². The predicted octanol–water partition coefficient (Wildman–Crippen LogP) is 5.29. The highest BCUT2D eigenvalue weighted by molar-refractivity contribution is 7.88. The molecule has 0 unspecified atom stereocenters. The number of carbonyl (C=O) groups excluding carboxylic acids is 1. The monoisotopic (exact) mass is 552 g/mol. The Morgan fingerprint density at radius 3 is 2.29 bits per heavy atom. The summed E-state index contributed by atoms with van der Waals surface area (Å²) in [5.41, 5.74) is -5.17. The first-order valence-corrected chi connectivity index (χ1v) is 13.3. The van der Waals surface area contributed by atoms with E-state index in [2.05, 4.69) is 9.50 Å². The summed E-state index contributed by atoms with van der Waals surface area (Å²) in [5.74, 6) is -0.710. The van der Waals surface area contributed by atoms with E-state index in [1.807, 2.05) is 0 Å². The van der Waals surface area contributed by atoms with Crippen molar-refractivity contribution in [2.24, 2.45) is 0 Å². The van der Waals surface area contributed by atoms with E-state index >= 15 is 0 Å². The molecule has 1 aliphatic rings. The molecule has 204 valence electrons. The first kappa shape index (κ1) is 27.5. The lowest BCUT2D eigenvalue weighted by atomic mass is 9.86. The Hall–Kier alpha value is -3.54. The summed E-state index contributed by atoms with van der Waals surface area (Å²) >= 11 is 0. The zero-order valence-electron chi connectivity index (χ0n) is 21.2. The molecule has 0 fully saturated rings. The van der Waals surface area contributed by atoms with E-state index in [0.717, 1.165) is 6.07 Å². The van der Waals surface area contributed by atoms with Gasteiger partial charge in [0.1, 0.15) is 5.60 Å². The molecule has 0 saturated heterocycles. The van der Waals surface area contributed by atoms with Crippen LogP contribution in [-0.2, 0) is 27.7 Å². The summed E-state index contributed by atoms with van der Waals surface area (Å²) < 4.78 is 74.4. The molecule has 0 bridgehead atoms. The molecule has 4 rings (SSSR count). The van der Waals surface area contributed by atoms with Crippen molar-refractivity contribution in [2.75, 3.05) is 0 Å². The van der Waals surface area contributed by atoms with Gasteiger partial charge in [-0.05, 0) is 81.7 Å². The van der Waals surface area contributed by atoms with Gasteiger partial charge in [0, 0.05) is 5.69 Å². The number of nitrogens with zero attached hydrogens (tertiary/aromatic N) is 1. The van der Waals surface area contributed by atoms with Gasteiger partial charge in [-0.25, -0.2) is 4.79 Å². The highest BCUT2D eigenvalue weighted by atomic mass is 32.2. The molecule has 0 spiro atoms. The SMILES string of the molecule is C[C@H](NC(=O)OC(C)(C)C)c1c2c3c(ccc(OS(=O)(=O)C(F)(F)F)c3c(=O)n1-c1ccccc1)CCC2. The van der Waals surface area contributed by atoms with Gasteiger partial charge < -0.3 is 14.2 Å². The normalized spacial score (nSPS) is 14.7. The number of benzene rings is 2. The second kappa shape index (κ2) is 9.64. The number of alkyl carbamates (subject to hydrolysis) is 1. The van der Waals surface area contributed by atoms with Crippen LogP contribution in [0.5, 0.6) is 5.75 Å². The fraction of sp³-hybridized carbons (Fsp3) is 0.385. The van der Waals surface area contributed by atoms with Crippen LogP contribution in [0, 0.1) is 0 Å². The van der Waals surface area contributed by atoms with Crippen molar-refractivity contribution in [3.05, 3.63) is 69.6 Å². The first-order chi connectivity index (χ1) is 17.6. The molecule has 0 saturated carbocycles. The molecule has 2 aromatic carbocycles. The van der Waals surface area contributed by atoms with Crippen LogP contribution in [0.2, 0.25) is 0 Å². The van der Waals surface area contributed by atoms with Crippen LogP contribution in [0.4, 0.5) is 18.0 Å². The molecule has 1 aliphatic carbocycles. The molecule has 1 N–H and O–H groups in total. The molecule has 1 heterocycles. The Labute approximate surface area is 217 Å². The van der Waals surface area contributed by atoms with Gasteiger partial charge in [0.05, 0.1) is 17.1 Å². The molecule has 3 aromatic rings. The summed E-state index contributed by atoms with van der Waals surface area (Å²) in [5, 5.41) is 2.80. The minimum Gasteiger partial charge on any atom is -0.444 e. The van der Waals surface area contributed by atoms with Crippen LogP contribution in [0.1, 0.15) is 57.0 Å². The van der Waals surface area contributed by atoms with Crippen molar-refractivity contribution in [2.45, 2.75) is 64.1 Å². The number of halogens is 3. The summed E-state index contributed by atoms with van der Waals surface area (Å²) in [7, 11) is -6.03. The minimum atomic E-state index is -6.03. The number of nitrogens with one attached hydrogen (secondary N) is 1. The van der Waals surface area contributed by atoms with Gasteiger partial charge in [-0.1, -0.05) is 24.3 Å². The third kappa shape index (κ3) is 5.22. The summed E-state index contributed by atoms with van der Waals surface area (Å²) in [6.45, 7) is 6.79. The fourth-order valence-electron chi connectivity index (χ4n) is 4.66. The van der Waals surface area contributed by atoms with Crippen molar-refractivity contribution < 1.29 is 35.3 Å². The summed E-state index contributed by atoms with van der Waals surface area (Å²) in [6, 6.07) is 10.1. The number of rotatable bonds is 5. The molecule has 0 aliphatic heterocycles. The second-order valence-electron chi connectivity index (χ2n) is 10.0. The predicted molar refractivity (Wildman–Crippen MR) is 135 cm³/mol. The molecule has 8 nitrogen and oxygen atoms in total. The quantitative estimate of drug-likeness (QED) is 0.341. The van der Waals surface area contributed by atoms with E-state index in [1.54, 1.807) is 58.0 Å². The van der Waals surface area contributed by atoms with Crippen molar-refractivity contribution in [1.29, 1.82) is 0 Å². The largest absolute Gasteiger partial charge is 0.534 e. The lowest BCUT2D eigenvalue weighted by Gasteiger charge is -2.29. The second-order valence-corrected chi connectivity index (χ2v) is 11.6. The number of carbonyl (C=O) groups is 1. The van der Waals surface area contributed by atoms with Gasteiger partial charge in [-0.3, -0.25) is 9.36 Å². The van der Waals surface area contributed by atoms with Crippen molar-refractivity contribution in [3.8, 4) is 11.4 Å². The van der Waals surface area contributed by atoms with Crippen LogP contribution >= 0.6 is 0 Å². The maximum Gasteiger partial charge on any atom is 0.534 e. The number of hydrogen-bond acceptors (Lipinski definition) is 6. The Morgan fingerprint density at radius 1 is 1.03 bits per heavy atom. The Balaban J connectivity index is 2.03. The smallest absolute Gasteiger partial charge is 0.444 e. The Bertz CT molecular complexity index is 1560. The van der Waals surface area contributed by atoms with Gasteiger partial charge in [0.25, 0.3) is 5.56 Å². The minimum absolute atomic E-state index is 0.276. The number of amides is 1. The maximum atomic E-state index is 14.0. The van der Waals surface area contributed by atoms with Crippen molar-refractivity contribution in [1.82, 2.24) is 9.88 Å². The number of hydrogen-bond donors (Lipinski definition) is 1. The van der Waals surface area contributed by atoms with Gasteiger partial charge in [-0.15, -0.1) is 0 Å². The highest BCUT2D eigenvalue weighted by Crippen LogP contribution is 2.39.